The number of hydrogen-bond donors (Lipinski definition) is 0. The van der Waals surface area contributed by atoms with Crippen molar-refractivity contribution in [2.75, 3.05) is 6.61 Å². The van der Waals surface area contributed by atoms with Gasteiger partial charge in [0, 0.05) is 0 Å². The van der Waals surface area contributed by atoms with E-state index in [1.165, 1.54) is 50.7 Å². The van der Waals surface area contributed by atoms with Crippen molar-refractivity contribution in [2.45, 2.75) is 45.4 Å². The Bertz CT molecular complexity index is 352. The zero-order valence-corrected chi connectivity index (χ0v) is 11.8. The average molecular weight is 263 g/mol. The minimum atomic E-state index is -0.208. The molecule has 1 fully saturated rings. The molecule has 0 spiro atoms. The summed E-state index contributed by atoms with van der Waals surface area (Å²) in [7, 11) is 0. The molecule has 0 aromatic heterocycles. The highest BCUT2D eigenvalue weighted by Crippen LogP contribution is 2.32. The molecule has 0 saturated heterocycles. The van der Waals surface area contributed by atoms with Crippen molar-refractivity contribution >= 4 is 0 Å². The Balaban J connectivity index is 1.67. The zero-order valence-electron chi connectivity index (χ0n) is 11.8. The van der Waals surface area contributed by atoms with Crippen molar-refractivity contribution in [3.63, 3.8) is 0 Å². The van der Waals surface area contributed by atoms with Gasteiger partial charge in [0.25, 0.3) is 0 Å². The molecular weight excluding hydrogens is 239 g/mol. The van der Waals surface area contributed by atoms with E-state index in [1.807, 2.05) is 0 Å². The summed E-state index contributed by atoms with van der Waals surface area (Å²) in [5.74, 6) is 2.16. The number of benzene rings is 1. The zero-order chi connectivity index (χ0) is 13.5. The summed E-state index contributed by atoms with van der Waals surface area (Å²) in [6.45, 7) is 2.92. The molecule has 1 aliphatic rings. The summed E-state index contributed by atoms with van der Waals surface area (Å²) in [5, 5.41) is 0. The summed E-state index contributed by atoms with van der Waals surface area (Å²) in [5.41, 5.74) is 0. The maximum Gasteiger partial charge on any atom is 0.123 e. The molecule has 0 atom stereocenters. The molecule has 105 valence electrons. The molecule has 1 aliphatic carbocycles. The molecule has 1 saturated carbocycles. The fraction of sp³-hybridized carbons (Fsp3) is 0.588. The molecule has 0 amide bonds. The van der Waals surface area contributed by atoms with Crippen LogP contribution in [0.1, 0.15) is 45.4 Å². The molecule has 0 aliphatic heterocycles. The molecule has 0 bridgehead atoms. The lowest BCUT2D eigenvalue weighted by Gasteiger charge is -2.28. The Morgan fingerprint density at radius 3 is 2.37 bits per heavy atom. The van der Waals surface area contributed by atoms with Gasteiger partial charge in [0.1, 0.15) is 11.6 Å². The van der Waals surface area contributed by atoms with Crippen LogP contribution in [0, 0.1) is 24.1 Å². The molecular formula is C17H24FO. The first-order valence-electron chi connectivity index (χ1n) is 7.44. The van der Waals surface area contributed by atoms with Gasteiger partial charge in [-0.2, -0.15) is 0 Å². The number of unbranched alkanes of at least 4 members (excludes halogenated alkanes) is 1. The van der Waals surface area contributed by atoms with Crippen molar-refractivity contribution in [1.29, 1.82) is 0 Å². The van der Waals surface area contributed by atoms with Crippen LogP contribution in [0.25, 0.3) is 0 Å². The minimum absolute atomic E-state index is 0.208. The fourth-order valence-electron chi connectivity index (χ4n) is 2.83. The molecule has 1 nitrogen and oxygen atoms in total. The Labute approximate surface area is 116 Å². The second-order valence-electron chi connectivity index (χ2n) is 5.64. The number of hydrogen-bond acceptors (Lipinski definition) is 1. The molecule has 1 aromatic rings. The van der Waals surface area contributed by atoms with E-state index in [0.29, 0.717) is 5.92 Å². The third kappa shape index (κ3) is 4.85. The maximum absolute atomic E-state index is 12.8. The molecule has 19 heavy (non-hydrogen) atoms. The smallest absolute Gasteiger partial charge is 0.123 e. The van der Waals surface area contributed by atoms with Gasteiger partial charge in [0.15, 0.2) is 0 Å². The van der Waals surface area contributed by atoms with E-state index < -0.39 is 0 Å². The van der Waals surface area contributed by atoms with Crippen molar-refractivity contribution < 1.29 is 9.13 Å². The predicted molar refractivity (Wildman–Crippen MR) is 76.6 cm³/mol. The minimum Gasteiger partial charge on any atom is -0.493 e. The lowest BCUT2D eigenvalue weighted by Crippen LogP contribution is -2.20. The Hall–Kier alpha value is -1.05. The summed E-state index contributed by atoms with van der Waals surface area (Å²) < 4.78 is 18.5. The van der Waals surface area contributed by atoms with E-state index in [4.69, 9.17) is 4.74 Å². The van der Waals surface area contributed by atoms with E-state index in [1.54, 1.807) is 12.1 Å². The van der Waals surface area contributed by atoms with Gasteiger partial charge in [-0.15, -0.1) is 0 Å². The lowest BCUT2D eigenvalue weighted by molar-refractivity contribution is 0.179. The highest BCUT2D eigenvalue weighted by Gasteiger charge is 2.21. The van der Waals surface area contributed by atoms with Gasteiger partial charge < -0.3 is 4.74 Å². The van der Waals surface area contributed by atoms with Crippen LogP contribution in [0.5, 0.6) is 5.75 Å². The topological polar surface area (TPSA) is 9.23 Å². The quantitative estimate of drug-likeness (QED) is 0.700. The highest BCUT2D eigenvalue weighted by molar-refractivity contribution is 5.22. The third-order valence-electron chi connectivity index (χ3n) is 4.13. The molecule has 2 heteroatoms. The maximum atomic E-state index is 12.8. The van der Waals surface area contributed by atoms with Gasteiger partial charge in [-0.05, 0) is 55.4 Å². The van der Waals surface area contributed by atoms with Crippen molar-refractivity contribution in [3.05, 3.63) is 36.5 Å². The van der Waals surface area contributed by atoms with Crippen LogP contribution in [0.4, 0.5) is 4.39 Å². The van der Waals surface area contributed by atoms with Crippen molar-refractivity contribution in [1.82, 2.24) is 0 Å². The molecule has 1 aromatic carbocycles. The molecule has 0 heterocycles. The van der Waals surface area contributed by atoms with Crippen LogP contribution in [0.3, 0.4) is 0 Å². The number of rotatable bonds is 6. The van der Waals surface area contributed by atoms with E-state index in [0.717, 1.165) is 18.3 Å². The second-order valence-corrected chi connectivity index (χ2v) is 5.64. The van der Waals surface area contributed by atoms with E-state index in [-0.39, 0.29) is 5.82 Å². The normalized spacial score (nSPS) is 23.3. The third-order valence-corrected chi connectivity index (χ3v) is 4.13. The Morgan fingerprint density at radius 2 is 1.74 bits per heavy atom. The van der Waals surface area contributed by atoms with Gasteiger partial charge >= 0.3 is 0 Å². The number of ether oxygens (including phenoxy) is 1. The van der Waals surface area contributed by atoms with Crippen LogP contribution >= 0.6 is 0 Å². The summed E-state index contributed by atoms with van der Waals surface area (Å²) in [6.07, 6.45) is 10.1. The van der Waals surface area contributed by atoms with Crippen LogP contribution < -0.4 is 4.74 Å². The molecule has 0 N–H and O–H groups in total. The second kappa shape index (κ2) is 7.52. The summed E-state index contributed by atoms with van der Waals surface area (Å²) in [6, 6.07) is 6.32. The first kappa shape index (κ1) is 14.4. The van der Waals surface area contributed by atoms with Gasteiger partial charge in [-0.25, -0.2) is 4.39 Å². The standard InChI is InChI=1S/C17H24FO/c1-2-3-4-14-5-7-15(8-6-14)13-19-17-11-9-16(18)10-12-17/h2,9-12,14-15H,3-8,13H2,1H3/t14-,15-. The summed E-state index contributed by atoms with van der Waals surface area (Å²) >= 11 is 0. The predicted octanol–water partition coefficient (Wildman–Crippen LogP) is 5.02. The van der Waals surface area contributed by atoms with E-state index in [9.17, 15) is 4.39 Å². The van der Waals surface area contributed by atoms with Crippen LogP contribution in [-0.4, -0.2) is 6.61 Å². The Kier molecular flexibility index (Phi) is 5.68. The van der Waals surface area contributed by atoms with Crippen molar-refractivity contribution in [2.24, 2.45) is 11.8 Å². The first-order valence-corrected chi connectivity index (χ1v) is 7.44. The fourth-order valence-corrected chi connectivity index (χ4v) is 2.83. The Morgan fingerprint density at radius 1 is 1.11 bits per heavy atom. The molecule has 1 radical (unpaired) electrons. The van der Waals surface area contributed by atoms with Gasteiger partial charge in [0.05, 0.1) is 6.61 Å². The monoisotopic (exact) mass is 263 g/mol. The van der Waals surface area contributed by atoms with E-state index >= 15 is 0 Å². The highest BCUT2D eigenvalue weighted by atomic mass is 19.1. The van der Waals surface area contributed by atoms with Gasteiger partial charge in [0.2, 0.25) is 0 Å². The van der Waals surface area contributed by atoms with Gasteiger partial charge in [-0.3, -0.25) is 0 Å². The van der Waals surface area contributed by atoms with E-state index in [2.05, 4.69) is 13.3 Å². The SMILES string of the molecule is C[CH]CC[C@H]1CC[C@H](COc2ccc(F)cc2)CC1. The first-order chi connectivity index (χ1) is 9.28. The van der Waals surface area contributed by atoms with Crippen LogP contribution in [0.15, 0.2) is 24.3 Å². The molecule has 2 rings (SSSR count). The number of halogens is 1. The average Bonchev–Trinajstić information content (AvgIpc) is 2.46. The van der Waals surface area contributed by atoms with Crippen molar-refractivity contribution in [3.8, 4) is 5.75 Å². The largest absolute Gasteiger partial charge is 0.493 e. The van der Waals surface area contributed by atoms with Gasteiger partial charge in [-0.1, -0.05) is 32.6 Å². The lowest BCUT2D eigenvalue weighted by atomic mass is 9.80. The van der Waals surface area contributed by atoms with Crippen LogP contribution in [0.2, 0.25) is 0 Å². The summed E-state index contributed by atoms with van der Waals surface area (Å²) in [4.78, 5) is 0. The van der Waals surface area contributed by atoms with Crippen LogP contribution in [-0.2, 0) is 0 Å². The molecule has 0 unspecified atom stereocenters.